The molecular formula is C11H15Cl3N3O2PS3. The zero-order valence-corrected chi connectivity index (χ0v) is 17.9. The molecule has 1 aromatic rings. The Hall–Kier alpha value is 0.860. The minimum Gasteiger partial charge on any atom is -0.328 e. The summed E-state index contributed by atoms with van der Waals surface area (Å²) in [5, 5.41) is 4.35. The van der Waals surface area contributed by atoms with Crippen LogP contribution >= 0.6 is 63.6 Å². The van der Waals surface area contributed by atoms with E-state index < -0.39 is 14.7 Å². The Morgan fingerprint density at radius 2 is 2.26 bits per heavy atom. The number of oxime groups is 1. The summed E-state index contributed by atoms with van der Waals surface area (Å²) in [4.78, 5) is 4.20. The van der Waals surface area contributed by atoms with Crippen LogP contribution in [0.2, 0.25) is 0 Å². The van der Waals surface area contributed by atoms with Gasteiger partial charge < -0.3 is 9.15 Å². The molecule has 23 heavy (non-hydrogen) atoms. The predicted molar refractivity (Wildman–Crippen MR) is 105 cm³/mol. The van der Waals surface area contributed by atoms with Crippen molar-refractivity contribution >= 4 is 81.3 Å². The van der Waals surface area contributed by atoms with E-state index in [4.69, 9.17) is 55.8 Å². The molecule has 5 nitrogen and oxygen atoms in total. The van der Waals surface area contributed by atoms with E-state index in [1.807, 2.05) is 6.92 Å². The summed E-state index contributed by atoms with van der Waals surface area (Å²) in [6.45, 7) is 4.39. The lowest BCUT2D eigenvalue weighted by Gasteiger charge is -2.21. The maximum absolute atomic E-state index is 6.06. The van der Waals surface area contributed by atoms with Crippen LogP contribution in [0.3, 0.4) is 0 Å². The van der Waals surface area contributed by atoms with Crippen LogP contribution in [0.15, 0.2) is 22.7 Å². The van der Waals surface area contributed by atoms with Gasteiger partial charge in [0.2, 0.25) is 3.79 Å². The van der Waals surface area contributed by atoms with Crippen LogP contribution in [0.25, 0.3) is 0 Å². The van der Waals surface area contributed by atoms with E-state index in [0.717, 1.165) is 12.2 Å². The van der Waals surface area contributed by atoms with Crippen molar-refractivity contribution < 1.29 is 9.15 Å². The second-order valence-electron chi connectivity index (χ2n) is 4.35. The lowest BCUT2D eigenvalue weighted by atomic mass is 10.4. The Morgan fingerprint density at radius 1 is 1.52 bits per heavy atom. The van der Waals surface area contributed by atoms with Crippen molar-refractivity contribution in [1.82, 2.24) is 9.55 Å². The summed E-state index contributed by atoms with van der Waals surface area (Å²) in [5.74, 6) is 1.29. The van der Waals surface area contributed by atoms with E-state index in [9.17, 15) is 0 Å². The van der Waals surface area contributed by atoms with Crippen LogP contribution in [0.1, 0.15) is 20.3 Å². The molecule has 1 aliphatic heterocycles. The van der Waals surface area contributed by atoms with Gasteiger partial charge in [-0.2, -0.15) is 0 Å². The van der Waals surface area contributed by atoms with Crippen molar-refractivity contribution in [1.29, 1.82) is 0 Å². The molecule has 0 aliphatic carbocycles. The van der Waals surface area contributed by atoms with Gasteiger partial charge in [0.05, 0.1) is 6.61 Å². The van der Waals surface area contributed by atoms with E-state index in [1.165, 1.54) is 23.1 Å². The molecule has 2 unspecified atom stereocenters. The first kappa shape index (κ1) is 20.2. The fourth-order valence-corrected chi connectivity index (χ4v) is 7.53. The van der Waals surface area contributed by atoms with E-state index in [2.05, 4.69) is 17.1 Å². The van der Waals surface area contributed by atoms with Crippen molar-refractivity contribution in [3.63, 3.8) is 0 Å². The maximum Gasteiger partial charge on any atom is 0.322 e. The number of rotatable bonds is 7. The molecule has 2 heterocycles. The molecule has 2 atom stereocenters. The maximum atomic E-state index is 6.06. The largest absolute Gasteiger partial charge is 0.328 e. The topological polar surface area (TPSA) is 48.6 Å². The van der Waals surface area contributed by atoms with Crippen LogP contribution in [0.4, 0.5) is 0 Å². The molecule has 130 valence electrons. The number of nitrogens with zero attached hydrogens (tertiary/aromatic N) is 3. The molecule has 0 aromatic carbocycles. The van der Waals surface area contributed by atoms with Crippen LogP contribution in [0, 0.1) is 0 Å². The summed E-state index contributed by atoms with van der Waals surface area (Å²) in [6, 6.07) is 0. The van der Waals surface area contributed by atoms with Gasteiger partial charge in [0.15, 0.2) is 11.0 Å². The molecule has 0 N–H and O–H groups in total. The number of aromatic nitrogens is 2. The fraction of sp³-hybridized carbons (Fsp3) is 0.636. The quantitative estimate of drug-likeness (QED) is 0.316. The average molecular weight is 455 g/mol. The third kappa shape index (κ3) is 5.17. The summed E-state index contributed by atoms with van der Waals surface area (Å²) >= 11 is 26.5. The first-order valence-corrected chi connectivity index (χ1v) is 13.0. The molecule has 1 aliphatic rings. The molecule has 2 rings (SSSR count). The molecule has 1 aromatic heterocycles. The van der Waals surface area contributed by atoms with Gasteiger partial charge in [-0.3, -0.25) is 4.57 Å². The van der Waals surface area contributed by atoms with Crippen molar-refractivity contribution in [3.8, 4) is 0 Å². The Balaban J connectivity index is 2.25. The van der Waals surface area contributed by atoms with E-state index in [1.54, 1.807) is 17.0 Å². The molecule has 0 spiro atoms. The van der Waals surface area contributed by atoms with Crippen LogP contribution in [0.5, 0.6) is 0 Å². The summed E-state index contributed by atoms with van der Waals surface area (Å²) in [7, 11) is 0. The van der Waals surface area contributed by atoms with E-state index in [-0.39, 0.29) is 0 Å². The van der Waals surface area contributed by atoms with Gasteiger partial charge in [0.1, 0.15) is 5.25 Å². The minimum atomic E-state index is -2.57. The Kier molecular flexibility index (Phi) is 7.45. The number of thioether (sulfide) groups is 1. The Bertz CT molecular complexity index is 623. The summed E-state index contributed by atoms with van der Waals surface area (Å²) in [5.41, 5.74) is -2.57. The Labute approximate surface area is 163 Å². The van der Waals surface area contributed by atoms with Crippen LogP contribution in [-0.4, -0.2) is 36.8 Å². The van der Waals surface area contributed by atoms with Gasteiger partial charge in [-0.15, -0.1) is 0 Å². The third-order valence-electron chi connectivity index (χ3n) is 2.58. The smallest absolute Gasteiger partial charge is 0.322 e. The van der Waals surface area contributed by atoms with Gasteiger partial charge in [-0.05, 0) is 25.2 Å². The SMILES string of the molecule is CCCSP(=S)(OCC)ON=C1C(C(Cl)(Cl)Cl)Sc2nccn21. The standard InChI is InChI=1S/C11H15Cl3N3O2PS3/c1-3-7-22-20(21,18-4-2)19-16-9-8(11(12,13)14)23-10-15-5-6-17(9)10/h5-6,8H,3-4,7H2,1-2H3. The summed E-state index contributed by atoms with van der Waals surface area (Å²) in [6.07, 6.45) is 4.36. The predicted octanol–water partition coefficient (Wildman–Crippen LogP) is 5.31. The molecule has 12 heteroatoms. The summed E-state index contributed by atoms with van der Waals surface area (Å²) < 4.78 is 11.4. The van der Waals surface area contributed by atoms with E-state index in [0.29, 0.717) is 17.6 Å². The number of halogens is 3. The minimum absolute atomic E-state index is 0.452. The first-order chi connectivity index (χ1) is 10.8. The first-order valence-electron chi connectivity index (χ1n) is 6.73. The highest BCUT2D eigenvalue weighted by atomic mass is 35.6. The van der Waals surface area contributed by atoms with Crippen molar-refractivity contribution in [2.24, 2.45) is 5.16 Å². The third-order valence-corrected chi connectivity index (χ3v) is 10.2. The van der Waals surface area contributed by atoms with Crippen LogP contribution < -0.4 is 0 Å². The second-order valence-corrected chi connectivity index (χ2v) is 14.1. The van der Waals surface area contributed by atoms with Crippen LogP contribution in [-0.2, 0) is 21.0 Å². The Morgan fingerprint density at radius 3 is 2.87 bits per heavy atom. The highest BCUT2D eigenvalue weighted by Crippen LogP contribution is 2.61. The monoisotopic (exact) mass is 453 g/mol. The highest BCUT2D eigenvalue weighted by Gasteiger charge is 2.45. The van der Waals surface area contributed by atoms with Gasteiger partial charge >= 0.3 is 5.69 Å². The number of imidazole rings is 1. The number of fused-ring (bicyclic) bond motifs is 1. The number of hydrogen-bond acceptors (Lipinski definition) is 7. The molecule has 0 radical (unpaired) electrons. The second kappa shape index (κ2) is 8.49. The van der Waals surface area contributed by atoms with Crippen molar-refractivity contribution in [2.75, 3.05) is 12.4 Å². The molecule has 0 fully saturated rings. The fourth-order valence-electron chi connectivity index (χ4n) is 1.68. The normalized spacial score (nSPS) is 22.1. The lowest BCUT2D eigenvalue weighted by molar-refractivity contribution is 0.278. The molecular weight excluding hydrogens is 440 g/mol. The van der Waals surface area contributed by atoms with Crippen molar-refractivity contribution in [3.05, 3.63) is 12.4 Å². The van der Waals surface area contributed by atoms with Gasteiger partial charge in [0, 0.05) is 18.1 Å². The molecule has 0 bridgehead atoms. The molecule has 0 saturated heterocycles. The zero-order chi connectivity index (χ0) is 17.1. The van der Waals surface area contributed by atoms with E-state index >= 15 is 0 Å². The zero-order valence-electron chi connectivity index (χ0n) is 12.3. The van der Waals surface area contributed by atoms with Gasteiger partial charge in [-0.25, -0.2) is 4.98 Å². The number of alkyl halides is 3. The lowest BCUT2D eigenvalue weighted by Crippen LogP contribution is -2.31. The van der Waals surface area contributed by atoms with Gasteiger partial charge in [0.25, 0.3) is 0 Å². The average Bonchev–Trinajstić information content (AvgIpc) is 3.04. The highest BCUT2D eigenvalue weighted by molar-refractivity contribution is 8.67. The number of hydrogen-bond donors (Lipinski definition) is 0. The van der Waals surface area contributed by atoms with Gasteiger partial charge in [-0.1, -0.05) is 70.0 Å². The van der Waals surface area contributed by atoms with Crippen molar-refractivity contribution in [2.45, 2.75) is 34.5 Å². The molecule has 0 saturated carbocycles. The molecule has 0 amide bonds.